The van der Waals surface area contributed by atoms with E-state index in [0.29, 0.717) is 13.0 Å². The van der Waals surface area contributed by atoms with E-state index in [9.17, 15) is 9.59 Å². The second-order valence-corrected chi connectivity index (χ2v) is 6.83. The molecule has 22 heavy (non-hydrogen) atoms. The van der Waals surface area contributed by atoms with Gasteiger partial charge in [0.15, 0.2) is 0 Å². The number of hydrogen-bond acceptors (Lipinski definition) is 4. The highest BCUT2D eigenvalue weighted by Gasteiger charge is 2.17. The highest BCUT2D eigenvalue weighted by molar-refractivity contribution is 7.11. The topological polar surface area (TPSA) is 74.8 Å². The summed E-state index contributed by atoms with van der Waals surface area (Å²) in [4.78, 5) is 32.6. The number of aromatic amines is 1. The molecule has 5 nitrogen and oxygen atoms in total. The van der Waals surface area contributed by atoms with Crippen LogP contribution in [0.1, 0.15) is 43.6 Å². The van der Waals surface area contributed by atoms with Crippen LogP contribution in [0.15, 0.2) is 10.9 Å². The summed E-state index contributed by atoms with van der Waals surface area (Å²) in [5, 5.41) is 3.88. The minimum Gasteiger partial charge on any atom is -0.351 e. The number of carbonyl (C=O) groups is 1. The van der Waals surface area contributed by atoms with Gasteiger partial charge < -0.3 is 10.3 Å². The molecule has 116 valence electrons. The minimum absolute atomic E-state index is 0.171. The Morgan fingerprint density at radius 3 is 3.00 bits per heavy atom. The van der Waals surface area contributed by atoms with E-state index in [1.54, 1.807) is 17.4 Å². The van der Waals surface area contributed by atoms with Crippen molar-refractivity contribution in [2.24, 2.45) is 0 Å². The number of H-pyrrole nitrogens is 1. The summed E-state index contributed by atoms with van der Waals surface area (Å²) in [6.45, 7) is 4.19. The van der Waals surface area contributed by atoms with E-state index < -0.39 is 0 Å². The fourth-order valence-corrected chi connectivity index (χ4v) is 3.78. The molecule has 0 bridgehead atoms. The van der Waals surface area contributed by atoms with Crippen molar-refractivity contribution in [3.05, 3.63) is 48.8 Å². The fraction of sp³-hybridized carbons (Fsp3) is 0.438. The molecule has 1 aliphatic carbocycles. The van der Waals surface area contributed by atoms with Crippen LogP contribution in [-0.2, 0) is 19.3 Å². The smallest absolute Gasteiger partial charge is 0.261 e. The summed E-state index contributed by atoms with van der Waals surface area (Å²) in [6, 6.07) is 1.64. The van der Waals surface area contributed by atoms with Gasteiger partial charge in [-0.1, -0.05) is 0 Å². The van der Waals surface area contributed by atoms with Gasteiger partial charge in [-0.05, 0) is 44.7 Å². The standard InChI is InChI=1S/C16H19N3O2S/c1-9-8-11(16(21)18-10(9)2)15(20)17-7-6-14-19-12-4-3-5-13(12)22-14/h8H,3-7H2,1-2H3,(H,17,20)(H,18,21). The summed E-state index contributed by atoms with van der Waals surface area (Å²) in [6.07, 6.45) is 4.14. The van der Waals surface area contributed by atoms with Gasteiger partial charge in [-0.3, -0.25) is 9.59 Å². The number of hydrogen-bond donors (Lipinski definition) is 2. The third-order valence-corrected chi connectivity index (χ3v) is 5.22. The van der Waals surface area contributed by atoms with Crippen LogP contribution in [0.3, 0.4) is 0 Å². The zero-order valence-corrected chi connectivity index (χ0v) is 13.6. The Morgan fingerprint density at radius 2 is 2.23 bits per heavy atom. The molecule has 6 heteroatoms. The van der Waals surface area contributed by atoms with Gasteiger partial charge in [0.25, 0.3) is 11.5 Å². The SMILES string of the molecule is Cc1cc(C(=O)NCCc2nc3c(s2)CCC3)c(=O)[nH]c1C. The molecule has 0 fully saturated rings. The van der Waals surface area contributed by atoms with Crippen molar-refractivity contribution in [1.29, 1.82) is 0 Å². The third-order valence-electron chi connectivity index (χ3n) is 4.01. The predicted molar refractivity (Wildman–Crippen MR) is 86.7 cm³/mol. The van der Waals surface area contributed by atoms with Crippen LogP contribution in [0, 0.1) is 13.8 Å². The first kappa shape index (κ1) is 15.0. The Morgan fingerprint density at radius 1 is 1.41 bits per heavy atom. The van der Waals surface area contributed by atoms with Gasteiger partial charge in [0, 0.05) is 23.5 Å². The van der Waals surface area contributed by atoms with Crippen LogP contribution in [0.2, 0.25) is 0 Å². The van der Waals surface area contributed by atoms with Crippen molar-refractivity contribution in [2.45, 2.75) is 39.5 Å². The lowest BCUT2D eigenvalue weighted by Gasteiger charge is -2.06. The van der Waals surface area contributed by atoms with E-state index in [1.807, 2.05) is 13.8 Å². The van der Waals surface area contributed by atoms with Gasteiger partial charge in [0.2, 0.25) is 0 Å². The molecule has 1 aliphatic rings. The summed E-state index contributed by atoms with van der Waals surface area (Å²) in [7, 11) is 0. The van der Waals surface area contributed by atoms with Crippen molar-refractivity contribution in [1.82, 2.24) is 15.3 Å². The van der Waals surface area contributed by atoms with Crippen molar-refractivity contribution >= 4 is 17.2 Å². The molecule has 0 unspecified atom stereocenters. The van der Waals surface area contributed by atoms with Gasteiger partial charge in [-0.2, -0.15) is 0 Å². The second-order valence-electron chi connectivity index (χ2n) is 5.66. The number of pyridine rings is 1. The maximum absolute atomic E-state index is 12.1. The second kappa shape index (κ2) is 6.04. The van der Waals surface area contributed by atoms with E-state index in [-0.39, 0.29) is 17.0 Å². The Balaban J connectivity index is 1.60. The number of nitrogens with zero attached hydrogens (tertiary/aromatic N) is 1. The number of nitrogens with one attached hydrogen (secondary N) is 2. The number of aryl methyl sites for hydroxylation is 4. The van der Waals surface area contributed by atoms with Crippen LogP contribution in [0.5, 0.6) is 0 Å². The monoisotopic (exact) mass is 317 g/mol. The highest BCUT2D eigenvalue weighted by atomic mass is 32.1. The molecule has 3 rings (SSSR count). The van der Waals surface area contributed by atoms with Crippen LogP contribution in [0.25, 0.3) is 0 Å². The fourth-order valence-electron chi connectivity index (χ4n) is 2.62. The lowest BCUT2D eigenvalue weighted by atomic mass is 10.1. The van der Waals surface area contributed by atoms with Gasteiger partial charge in [-0.25, -0.2) is 4.98 Å². The van der Waals surface area contributed by atoms with Gasteiger partial charge >= 0.3 is 0 Å². The highest BCUT2D eigenvalue weighted by Crippen LogP contribution is 2.27. The lowest BCUT2D eigenvalue weighted by Crippen LogP contribution is -2.31. The van der Waals surface area contributed by atoms with E-state index >= 15 is 0 Å². The van der Waals surface area contributed by atoms with E-state index in [4.69, 9.17) is 0 Å². The van der Waals surface area contributed by atoms with Crippen LogP contribution >= 0.6 is 11.3 Å². The van der Waals surface area contributed by atoms with Gasteiger partial charge in [0.1, 0.15) is 5.56 Å². The van der Waals surface area contributed by atoms with Gasteiger partial charge in [-0.15, -0.1) is 11.3 Å². The molecule has 0 radical (unpaired) electrons. The number of fused-ring (bicyclic) bond motifs is 1. The third kappa shape index (κ3) is 2.97. The molecule has 0 aromatic carbocycles. The minimum atomic E-state index is -0.339. The molecule has 0 spiro atoms. The van der Waals surface area contributed by atoms with Crippen molar-refractivity contribution in [3.63, 3.8) is 0 Å². The summed E-state index contributed by atoms with van der Waals surface area (Å²) < 4.78 is 0. The molecule has 0 aliphatic heterocycles. The summed E-state index contributed by atoms with van der Waals surface area (Å²) in [5.74, 6) is -0.326. The molecule has 2 aromatic rings. The van der Waals surface area contributed by atoms with Crippen LogP contribution < -0.4 is 10.9 Å². The van der Waals surface area contributed by atoms with Crippen LogP contribution in [-0.4, -0.2) is 22.4 Å². The molecule has 0 atom stereocenters. The zero-order chi connectivity index (χ0) is 15.7. The number of carbonyl (C=O) groups excluding carboxylic acids is 1. The summed E-state index contributed by atoms with van der Waals surface area (Å²) in [5.41, 5.74) is 2.76. The maximum Gasteiger partial charge on any atom is 0.261 e. The van der Waals surface area contributed by atoms with Gasteiger partial charge in [0.05, 0.1) is 10.7 Å². The number of rotatable bonds is 4. The van der Waals surface area contributed by atoms with E-state index in [0.717, 1.165) is 29.1 Å². The first-order valence-electron chi connectivity index (χ1n) is 7.51. The first-order valence-corrected chi connectivity index (χ1v) is 8.32. The molecular formula is C16H19N3O2S. The van der Waals surface area contributed by atoms with E-state index in [2.05, 4.69) is 15.3 Å². The molecule has 2 N–H and O–H groups in total. The lowest BCUT2D eigenvalue weighted by molar-refractivity contribution is 0.0952. The van der Waals surface area contributed by atoms with E-state index in [1.165, 1.54) is 17.0 Å². The molecule has 0 saturated carbocycles. The molecule has 2 heterocycles. The Hall–Kier alpha value is -1.95. The summed E-state index contributed by atoms with van der Waals surface area (Å²) >= 11 is 1.75. The van der Waals surface area contributed by atoms with Crippen molar-refractivity contribution in [2.75, 3.05) is 6.54 Å². The Bertz CT molecular complexity index is 755. The zero-order valence-electron chi connectivity index (χ0n) is 12.8. The number of thiazole rings is 1. The van der Waals surface area contributed by atoms with Crippen LogP contribution in [0.4, 0.5) is 0 Å². The maximum atomic E-state index is 12.1. The molecule has 1 amide bonds. The van der Waals surface area contributed by atoms with Crippen molar-refractivity contribution in [3.8, 4) is 0 Å². The number of amides is 1. The Labute approximate surface area is 132 Å². The van der Waals surface area contributed by atoms with Crippen molar-refractivity contribution < 1.29 is 4.79 Å². The molecular weight excluding hydrogens is 298 g/mol. The quantitative estimate of drug-likeness (QED) is 0.904. The molecule has 0 saturated heterocycles. The first-order chi connectivity index (χ1) is 10.5. The predicted octanol–water partition coefficient (Wildman–Crippen LogP) is 1.91. The molecule has 2 aromatic heterocycles. The average Bonchev–Trinajstić information content (AvgIpc) is 3.03. The normalized spacial score (nSPS) is 13.2. The average molecular weight is 317 g/mol. The largest absolute Gasteiger partial charge is 0.351 e. The number of aromatic nitrogens is 2. The Kier molecular flexibility index (Phi) is 4.11.